The van der Waals surface area contributed by atoms with Gasteiger partial charge >= 0.3 is 5.97 Å². The largest absolute Gasteiger partial charge is 0.475 e. The Morgan fingerprint density at radius 1 is 1.10 bits per heavy atom. The maximum Gasteiger partial charge on any atom is 0.371 e. The van der Waals surface area contributed by atoms with E-state index >= 15 is 0 Å². The number of carboxylic acids is 1. The second kappa shape index (κ2) is 12.3. The van der Waals surface area contributed by atoms with Crippen LogP contribution in [0.1, 0.15) is 68.3 Å². The number of alkyl halides is 1. The predicted molar refractivity (Wildman–Crippen MR) is 148 cm³/mol. The Morgan fingerprint density at radius 3 is 2.48 bits per heavy atom. The third-order valence-electron chi connectivity index (χ3n) is 9.55. The highest BCUT2D eigenvalue weighted by Crippen LogP contribution is 2.42. The van der Waals surface area contributed by atoms with Crippen molar-refractivity contribution in [3.05, 3.63) is 30.0 Å². The maximum atomic E-state index is 13.9. The number of rotatable bonds is 8. The lowest BCUT2D eigenvalue weighted by Gasteiger charge is -2.37. The molecule has 0 bridgehead atoms. The van der Waals surface area contributed by atoms with E-state index in [2.05, 4.69) is 5.32 Å². The van der Waals surface area contributed by atoms with Gasteiger partial charge in [0.2, 0.25) is 17.6 Å². The number of nitrogens with zero attached hydrogens (tertiary/aromatic N) is 1. The van der Waals surface area contributed by atoms with Gasteiger partial charge in [-0.05, 0) is 99.8 Å². The summed E-state index contributed by atoms with van der Waals surface area (Å²) in [6, 6.07) is 5.38. The molecule has 5 rings (SSSR count). The molecule has 0 radical (unpaired) electrons. The van der Waals surface area contributed by atoms with E-state index in [0.717, 1.165) is 44.9 Å². The average molecular weight is 558 g/mol. The van der Waals surface area contributed by atoms with Crippen molar-refractivity contribution in [2.45, 2.75) is 76.0 Å². The van der Waals surface area contributed by atoms with Crippen molar-refractivity contribution in [1.29, 1.82) is 0 Å². The van der Waals surface area contributed by atoms with Crippen LogP contribution in [-0.4, -0.2) is 66.3 Å². The number of aromatic carboxylic acids is 1. The number of furan rings is 1. The summed E-state index contributed by atoms with van der Waals surface area (Å²) < 4.78 is 24.0. The molecule has 2 amide bonds. The minimum absolute atomic E-state index is 0.0110. The number of fused-ring (bicyclic) bond motifs is 1. The molecule has 3 fully saturated rings. The van der Waals surface area contributed by atoms with Gasteiger partial charge in [-0.15, -0.1) is 0 Å². The van der Waals surface area contributed by atoms with E-state index in [4.69, 9.17) is 14.9 Å². The molecule has 2 aromatic rings. The lowest BCUT2D eigenvalue weighted by molar-refractivity contribution is -0.142. The minimum Gasteiger partial charge on any atom is -0.475 e. The standard InChI is InChI=1S/C30H40FN3O6/c1-39-22-9-6-17(7-10-22)23-12-13-34(29(36)19-4-2-18(3-5-19)24(32)16-31)27(23)28(35)33-21-8-11-25-20(14-21)15-26(40-25)30(37)38/h8,11,14-15,17-19,22-24,27H,2-7,9-10,12-13,16,32H2,1H3,(H,33,35)(H,37,38)/t17?,18-,19-,22?,23?,24-,27+/m1/s1. The molecule has 1 saturated heterocycles. The topological polar surface area (TPSA) is 135 Å². The van der Waals surface area contributed by atoms with Crippen LogP contribution in [0.5, 0.6) is 0 Å². The van der Waals surface area contributed by atoms with E-state index in [1.807, 2.05) is 0 Å². The quantitative estimate of drug-likeness (QED) is 0.432. The number of carbonyl (C=O) groups excluding carboxylic acids is 2. The van der Waals surface area contributed by atoms with Crippen LogP contribution in [0.15, 0.2) is 28.7 Å². The second-order valence-corrected chi connectivity index (χ2v) is 11.8. The molecule has 2 heterocycles. The van der Waals surface area contributed by atoms with E-state index in [1.54, 1.807) is 30.2 Å². The van der Waals surface area contributed by atoms with E-state index in [-0.39, 0.29) is 41.4 Å². The zero-order valence-corrected chi connectivity index (χ0v) is 23.0. The minimum atomic E-state index is -1.16. The first-order chi connectivity index (χ1) is 19.3. The number of amides is 2. The normalized spacial score (nSPS) is 29.8. The van der Waals surface area contributed by atoms with Crippen LogP contribution in [0.3, 0.4) is 0 Å². The number of hydrogen-bond donors (Lipinski definition) is 3. The lowest BCUT2D eigenvalue weighted by Crippen LogP contribution is -2.50. The van der Waals surface area contributed by atoms with Gasteiger partial charge in [-0.25, -0.2) is 9.18 Å². The van der Waals surface area contributed by atoms with E-state index in [9.17, 15) is 23.9 Å². The highest BCUT2D eigenvalue weighted by atomic mass is 19.1. The molecular formula is C30H40FN3O6. The summed E-state index contributed by atoms with van der Waals surface area (Å²) in [5.41, 5.74) is 6.88. The molecule has 40 heavy (non-hydrogen) atoms. The van der Waals surface area contributed by atoms with Crippen molar-refractivity contribution in [2.75, 3.05) is 25.6 Å². The number of likely N-dealkylation sites (tertiary alicyclic amines) is 1. The first-order valence-electron chi connectivity index (χ1n) is 14.5. The van der Waals surface area contributed by atoms with Crippen LogP contribution in [0.25, 0.3) is 11.0 Å². The fourth-order valence-corrected chi connectivity index (χ4v) is 7.24. The number of methoxy groups -OCH3 is 1. The highest BCUT2D eigenvalue weighted by molar-refractivity contribution is 6.00. The van der Waals surface area contributed by atoms with E-state index in [0.29, 0.717) is 42.0 Å². The highest BCUT2D eigenvalue weighted by Gasteiger charge is 2.47. The molecule has 1 aromatic carbocycles. The van der Waals surface area contributed by atoms with E-state index < -0.39 is 24.7 Å². The molecule has 3 atom stereocenters. The molecule has 4 N–H and O–H groups in total. The zero-order valence-electron chi connectivity index (χ0n) is 23.0. The van der Waals surface area contributed by atoms with Crippen LogP contribution in [0.2, 0.25) is 0 Å². The maximum absolute atomic E-state index is 13.9. The van der Waals surface area contributed by atoms with Crippen molar-refractivity contribution in [3.8, 4) is 0 Å². The third-order valence-corrected chi connectivity index (χ3v) is 9.55. The Balaban J connectivity index is 1.34. The van der Waals surface area contributed by atoms with Crippen LogP contribution >= 0.6 is 0 Å². The van der Waals surface area contributed by atoms with Crippen molar-refractivity contribution >= 4 is 34.4 Å². The monoisotopic (exact) mass is 557 g/mol. The van der Waals surface area contributed by atoms with Crippen LogP contribution in [0.4, 0.5) is 10.1 Å². The summed E-state index contributed by atoms with van der Waals surface area (Å²) in [4.78, 5) is 40.8. The summed E-state index contributed by atoms with van der Waals surface area (Å²) in [6.07, 6.45) is 7.59. The third kappa shape index (κ3) is 5.88. The molecule has 2 aliphatic carbocycles. The Bertz CT molecular complexity index is 1220. The summed E-state index contributed by atoms with van der Waals surface area (Å²) in [5.74, 6) is -1.25. The first-order valence-corrected chi connectivity index (χ1v) is 14.5. The second-order valence-electron chi connectivity index (χ2n) is 11.8. The number of halogens is 1. The predicted octanol–water partition coefficient (Wildman–Crippen LogP) is 4.60. The summed E-state index contributed by atoms with van der Waals surface area (Å²) in [6.45, 7) is -0.00860. The molecule has 3 aliphatic rings. The van der Waals surface area contributed by atoms with Crippen LogP contribution in [0, 0.1) is 23.7 Å². The Hall–Kier alpha value is -2.98. The Labute approximate surface area is 233 Å². The first kappa shape index (κ1) is 28.5. The number of nitrogens with one attached hydrogen (secondary N) is 1. The lowest BCUT2D eigenvalue weighted by atomic mass is 9.75. The van der Waals surface area contributed by atoms with Crippen LogP contribution < -0.4 is 11.1 Å². The van der Waals surface area contributed by atoms with Gasteiger partial charge in [-0.2, -0.15) is 0 Å². The van der Waals surface area contributed by atoms with Gasteiger partial charge in [0.1, 0.15) is 18.3 Å². The molecule has 10 heteroatoms. The van der Waals surface area contributed by atoms with Crippen molar-refractivity contribution < 1.29 is 33.0 Å². The fourth-order valence-electron chi connectivity index (χ4n) is 7.24. The fraction of sp³-hybridized carbons (Fsp3) is 0.633. The molecule has 1 unspecified atom stereocenters. The molecular weight excluding hydrogens is 517 g/mol. The number of benzene rings is 1. The number of carbonyl (C=O) groups is 3. The van der Waals surface area contributed by atoms with Gasteiger partial charge in [0, 0.05) is 36.7 Å². The summed E-state index contributed by atoms with van der Waals surface area (Å²) in [7, 11) is 1.74. The van der Waals surface area contributed by atoms with Crippen LogP contribution in [-0.2, 0) is 14.3 Å². The molecule has 2 saturated carbocycles. The average Bonchev–Trinajstić information content (AvgIpc) is 3.61. The van der Waals surface area contributed by atoms with Crippen molar-refractivity contribution in [3.63, 3.8) is 0 Å². The van der Waals surface area contributed by atoms with Gasteiger partial charge in [0.05, 0.1) is 6.10 Å². The summed E-state index contributed by atoms with van der Waals surface area (Å²) >= 11 is 0. The number of anilines is 1. The number of ether oxygens (including phenoxy) is 1. The number of nitrogens with two attached hydrogens (primary N) is 1. The van der Waals surface area contributed by atoms with Crippen molar-refractivity contribution in [1.82, 2.24) is 4.90 Å². The Morgan fingerprint density at radius 2 is 1.82 bits per heavy atom. The molecule has 9 nitrogen and oxygen atoms in total. The number of carboxylic acid groups (broad SMARTS) is 1. The van der Waals surface area contributed by atoms with Gasteiger partial charge in [0.25, 0.3) is 0 Å². The van der Waals surface area contributed by atoms with Gasteiger partial charge in [0.15, 0.2) is 0 Å². The SMILES string of the molecule is COC1CCC(C2CCN(C(=O)[C@H]3CC[C@H]([C@H](N)CF)CC3)[C@@H]2C(=O)Nc2ccc3oc(C(=O)O)cc3c2)CC1. The number of hydrogen-bond acceptors (Lipinski definition) is 6. The smallest absolute Gasteiger partial charge is 0.371 e. The van der Waals surface area contributed by atoms with Gasteiger partial charge in [-0.3, -0.25) is 9.59 Å². The molecule has 0 spiro atoms. The Kier molecular flexibility index (Phi) is 8.75. The van der Waals surface area contributed by atoms with Gasteiger partial charge in [-0.1, -0.05) is 0 Å². The summed E-state index contributed by atoms with van der Waals surface area (Å²) in [5, 5.41) is 12.8. The molecule has 1 aromatic heterocycles. The van der Waals surface area contributed by atoms with E-state index in [1.165, 1.54) is 6.07 Å². The van der Waals surface area contributed by atoms with Crippen molar-refractivity contribution in [2.24, 2.45) is 29.4 Å². The van der Waals surface area contributed by atoms with Gasteiger partial charge < -0.3 is 30.2 Å². The zero-order chi connectivity index (χ0) is 28.4. The molecule has 218 valence electrons. The molecule has 1 aliphatic heterocycles.